The minimum absolute atomic E-state index is 0.0847. The molecule has 0 radical (unpaired) electrons. The van der Waals surface area contributed by atoms with E-state index in [0.717, 1.165) is 0 Å². The van der Waals surface area contributed by atoms with Crippen LogP contribution in [0.4, 0.5) is 4.79 Å². The van der Waals surface area contributed by atoms with Gasteiger partial charge in [-0.25, -0.2) is 4.79 Å². The van der Waals surface area contributed by atoms with E-state index < -0.39 is 6.03 Å². The summed E-state index contributed by atoms with van der Waals surface area (Å²) in [5.41, 5.74) is -0.386. The van der Waals surface area contributed by atoms with Crippen molar-refractivity contribution in [1.29, 1.82) is 0 Å². The lowest BCUT2D eigenvalue weighted by molar-refractivity contribution is -0.147. The molecule has 0 saturated carbocycles. The van der Waals surface area contributed by atoms with Crippen LogP contribution >= 0.6 is 0 Å². The zero-order valence-corrected chi connectivity index (χ0v) is 13.2. The Bertz CT molecular complexity index is 396. The molecule has 1 aliphatic heterocycles. The van der Waals surface area contributed by atoms with Gasteiger partial charge in [0.25, 0.3) is 0 Å². The van der Waals surface area contributed by atoms with E-state index in [1.165, 1.54) is 7.11 Å². The third-order valence-electron chi connectivity index (χ3n) is 3.23. The molecule has 0 aliphatic carbocycles. The number of likely N-dealkylation sites (tertiary alicyclic amines) is 1. The maximum atomic E-state index is 11.8. The molecule has 1 saturated heterocycles. The standard InChI is InChI=1S/C14H25N3O4/c1-14(2,3)16-13(20)15-11(18)9-17-7-5-10(6-8-17)12(19)21-4/h10H,5-9H2,1-4H3,(H2,15,16,18,20). The summed E-state index contributed by atoms with van der Waals surface area (Å²) in [6, 6.07) is -0.489. The first-order chi connectivity index (χ1) is 9.71. The van der Waals surface area contributed by atoms with Gasteiger partial charge in [0, 0.05) is 5.54 Å². The molecule has 7 nitrogen and oxygen atoms in total. The maximum absolute atomic E-state index is 11.8. The average molecular weight is 299 g/mol. The number of hydrogen-bond donors (Lipinski definition) is 2. The second-order valence-corrected chi connectivity index (χ2v) is 6.33. The number of rotatable bonds is 3. The fourth-order valence-electron chi connectivity index (χ4n) is 2.23. The lowest BCUT2D eigenvalue weighted by Gasteiger charge is -2.30. The second-order valence-electron chi connectivity index (χ2n) is 6.33. The Hall–Kier alpha value is -1.63. The summed E-state index contributed by atoms with van der Waals surface area (Å²) >= 11 is 0. The summed E-state index contributed by atoms with van der Waals surface area (Å²) in [6.45, 7) is 6.98. The fraction of sp³-hybridized carbons (Fsp3) is 0.786. The Kier molecular flexibility index (Phi) is 6.14. The van der Waals surface area contributed by atoms with Gasteiger partial charge in [0.05, 0.1) is 19.6 Å². The van der Waals surface area contributed by atoms with Gasteiger partial charge in [0.2, 0.25) is 5.91 Å². The van der Waals surface area contributed by atoms with E-state index >= 15 is 0 Å². The monoisotopic (exact) mass is 299 g/mol. The number of nitrogens with zero attached hydrogens (tertiary/aromatic N) is 1. The van der Waals surface area contributed by atoms with Gasteiger partial charge in [-0.3, -0.25) is 19.8 Å². The molecule has 1 heterocycles. The van der Waals surface area contributed by atoms with Crippen LogP contribution in [0.3, 0.4) is 0 Å². The van der Waals surface area contributed by atoms with Crippen molar-refractivity contribution in [2.75, 3.05) is 26.7 Å². The molecule has 1 aliphatic rings. The number of ether oxygens (including phenoxy) is 1. The summed E-state index contributed by atoms with van der Waals surface area (Å²) in [5, 5.41) is 4.97. The van der Waals surface area contributed by atoms with Crippen molar-refractivity contribution < 1.29 is 19.1 Å². The Balaban J connectivity index is 2.31. The first-order valence-electron chi connectivity index (χ1n) is 7.13. The minimum Gasteiger partial charge on any atom is -0.469 e. The number of carbonyl (C=O) groups is 3. The van der Waals surface area contributed by atoms with Crippen LogP contribution in [0.1, 0.15) is 33.6 Å². The van der Waals surface area contributed by atoms with Gasteiger partial charge in [-0.1, -0.05) is 0 Å². The van der Waals surface area contributed by atoms with Crippen molar-refractivity contribution in [2.24, 2.45) is 5.92 Å². The molecular formula is C14H25N3O4. The van der Waals surface area contributed by atoms with Gasteiger partial charge in [0.15, 0.2) is 0 Å². The number of nitrogens with one attached hydrogen (secondary N) is 2. The van der Waals surface area contributed by atoms with Crippen LogP contribution in [0, 0.1) is 5.92 Å². The number of piperidine rings is 1. The molecular weight excluding hydrogens is 274 g/mol. The number of esters is 1. The zero-order chi connectivity index (χ0) is 16.0. The van der Waals surface area contributed by atoms with Crippen LogP contribution < -0.4 is 10.6 Å². The van der Waals surface area contributed by atoms with Gasteiger partial charge in [-0.2, -0.15) is 0 Å². The molecule has 0 aromatic rings. The summed E-state index contributed by atoms with van der Waals surface area (Å²) < 4.78 is 4.72. The average Bonchev–Trinajstić information content (AvgIpc) is 2.36. The highest BCUT2D eigenvalue weighted by Crippen LogP contribution is 2.17. The molecule has 3 amide bonds. The topological polar surface area (TPSA) is 87.7 Å². The van der Waals surface area contributed by atoms with Crippen molar-refractivity contribution in [3.05, 3.63) is 0 Å². The van der Waals surface area contributed by atoms with Gasteiger partial charge >= 0.3 is 12.0 Å². The molecule has 21 heavy (non-hydrogen) atoms. The van der Waals surface area contributed by atoms with E-state index in [2.05, 4.69) is 10.6 Å². The van der Waals surface area contributed by atoms with Gasteiger partial charge < -0.3 is 10.1 Å². The molecule has 0 spiro atoms. The van der Waals surface area contributed by atoms with Crippen LogP contribution in [0.25, 0.3) is 0 Å². The molecule has 1 fully saturated rings. The smallest absolute Gasteiger partial charge is 0.321 e. The van der Waals surface area contributed by atoms with Crippen molar-refractivity contribution in [3.63, 3.8) is 0 Å². The van der Waals surface area contributed by atoms with Crippen LogP contribution in [0.5, 0.6) is 0 Å². The van der Waals surface area contributed by atoms with Gasteiger partial charge in [-0.15, -0.1) is 0 Å². The number of carbonyl (C=O) groups excluding carboxylic acids is 3. The lowest BCUT2D eigenvalue weighted by Crippen LogP contribution is -2.51. The molecule has 0 aromatic heterocycles. The number of imide groups is 1. The van der Waals surface area contributed by atoms with Crippen LogP contribution in [0.2, 0.25) is 0 Å². The molecule has 0 atom stereocenters. The Labute approximate surface area is 125 Å². The normalized spacial score (nSPS) is 17.1. The SMILES string of the molecule is COC(=O)C1CCN(CC(=O)NC(=O)NC(C)(C)C)CC1. The van der Waals surface area contributed by atoms with E-state index in [1.54, 1.807) is 0 Å². The first kappa shape index (κ1) is 17.4. The molecule has 2 N–H and O–H groups in total. The van der Waals surface area contributed by atoms with Crippen molar-refractivity contribution in [1.82, 2.24) is 15.5 Å². The van der Waals surface area contributed by atoms with Crippen molar-refractivity contribution >= 4 is 17.9 Å². The Morgan fingerprint density at radius 3 is 2.24 bits per heavy atom. The molecule has 120 valence electrons. The Morgan fingerprint density at radius 1 is 1.19 bits per heavy atom. The summed E-state index contributed by atoms with van der Waals surface area (Å²) in [5.74, 6) is -0.615. The van der Waals surface area contributed by atoms with Crippen molar-refractivity contribution in [3.8, 4) is 0 Å². The first-order valence-corrected chi connectivity index (χ1v) is 7.13. The highest BCUT2D eigenvalue weighted by Gasteiger charge is 2.26. The predicted molar refractivity (Wildman–Crippen MR) is 77.6 cm³/mol. The summed E-state index contributed by atoms with van der Waals surface area (Å²) in [7, 11) is 1.38. The molecule has 1 rings (SSSR count). The fourth-order valence-corrected chi connectivity index (χ4v) is 2.23. The second kappa shape index (κ2) is 7.40. The third-order valence-corrected chi connectivity index (χ3v) is 3.23. The highest BCUT2D eigenvalue weighted by atomic mass is 16.5. The van der Waals surface area contributed by atoms with Crippen LogP contribution in [-0.4, -0.2) is 55.1 Å². The van der Waals surface area contributed by atoms with Gasteiger partial charge in [-0.05, 0) is 46.7 Å². The minimum atomic E-state index is -0.489. The number of hydrogen-bond acceptors (Lipinski definition) is 5. The lowest BCUT2D eigenvalue weighted by atomic mass is 9.97. The largest absolute Gasteiger partial charge is 0.469 e. The molecule has 7 heteroatoms. The van der Waals surface area contributed by atoms with E-state index in [-0.39, 0.29) is 29.9 Å². The van der Waals surface area contributed by atoms with E-state index in [9.17, 15) is 14.4 Å². The quantitative estimate of drug-likeness (QED) is 0.741. The van der Waals surface area contributed by atoms with Crippen molar-refractivity contribution in [2.45, 2.75) is 39.2 Å². The third kappa shape index (κ3) is 6.57. The summed E-state index contributed by atoms with van der Waals surface area (Å²) in [6.07, 6.45) is 1.35. The van der Waals surface area contributed by atoms with Crippen LogP contribution in [0.15, 0.2) is 0 Å². The maximum Gasteiger partial charge on any atom is 0.321 e. The summed E-state index contributed by atoms with van der Waals surface area (Å²) in [4.78, 5) is 36.7. The van der Waals surface area contributed by atoms with E-state index in [1.807, 2.05) is 25.7 Å². The van der Waals surface area contributed by atoms with Crippen LogP contribution in [-0.2, 0) is 14.3 Å². The van der Waals surface area contributed by atoms with E-state index in [0.29, 0.717) is 25.9 Å². The number of amides is 3. The number of methoxy groups -OCH3 is 1. The molecule has 0 unspecified atom stereocenters. The number of urea groups is 1. The Morgan fingerprint density at radius 2 is 1.76 bits per heavy atom. The molecule has 0 bridgehead atoms. The zero-order valence-electron chi connectivity index (χ0n) is 13.2. The van der Waals surface area contributed by atoms with Gasteiger partial charge in [0.1, 0.15) is 0 Å². The van der Waals surface area contributed by atoms with E-state index in [4.69, 9.17) is 4.74 Å². The predicted octanol–water partition coefficient (Wildman–Crippen LogP) is 0.496. The molecule has 0 aromatic carbocycles. The highest BCUT2D eigenvalue weighted by molar-refractivity contribution is 5.95.